The van der Waals surface area contributed by atoms with Crippen molar-refractivity contribution in [1.82, 2.24) is 14.9 Å². The standard InChI is InChI=1S/C22H23BrFN3O5/c1-4-12(2)32-22(30)16(26-21(29)18-20(28)17(31-3)7-9-25-18)11-27-10-8-13-14(23)5-6-15(24)19(13)27/h5-10,12,16,28H,4,11H2,1-3H3,(H,26,29)/t12?,16-/m0/s1. The number of ether oxygens (including phenoxy) is 2. The highest BCUT2D eigenvalue weighted by Crippen LogP contribution is 2.29. The average Bonchev–Trinajstić information content (AvgIpc) is 3.20. The van der Waals surface area contributed by atoms with Gasteiger partial charge in [-0.25, -0.2) is 14.2 Å². The summed E-state index contributed by atoms with van der Waals surface area (Å²) < 4.78 is 27.2. The zero-order valence-electron chi connectivity index (χ0n) is 17.8. The number of benzene rings is 1. The van der Waals surface area contributed by atoms with Crippen LogP contribution < -0.4 is 10.1 Å². The van der Waals surface area contributed by atoms with E-state index in [0.717, 1.165) is 0 Å². The van der Waals surface area contributed by atoms with Crippen molar-refractivity contribution in [3.8, 4) is 11.5 Å². The Morgan fingerprint density at radius 2 is 2.06 bits per heavy atom. The van der Waals surface area contributed by atoms with Gasteiger partial charge >= 0.3 is 5.97 Å². The predicted molar refractivity (Wildman–Crippen MR) is 119 cm³/mol. The number of carbonyl (C=O) groups is 2. The minimum absolute atomic E-state index is 0.0622. The molecule has 0 bridgehead atoms. The van der Waals surface area contributed by atoms with Gasteiger partial charge in [0.15, 0.2) is 17.2 Å². The van der Waals surface area contributed by atoms with Crippen LogP contribution >= 0.6 is 15.9 Å². The molecule has 1 amide bonds. The van der Waals surface area contributed by atoms with Crippen LogP contribution in [0.3, 0.4) is 0 Å². The number of aromatic nitrogens is 2. The summed E-state index contributed by atoms with van der Waals surface area (Å²) in [6.45, 7) is 3.49. The largest absolute Gasteiger partial charge is 0.503 e. The van der Waals surface area contributed by atoms with Gasteiger partial charge in [-0.2, -0.15) is 0 Å². The molecule has 8 nitrogen and oxygen atoms in total. The number of hydrogen-bond donors (Lipinski definition) is 2. The van der Waals surface area contributed by atoms with Crippen LogP contribution in [0.25, 0.3) is 10.9 Å². The Labute approximate surface area is 192 Å². The average molecular weight is 508 g/mol. The fourth-order valence-electron chi connectivity index (χ4n) is 3.13. The van der Waals surface area contributed by atoms with E-state index in [4.69, 9.17) is 9.47 Å². The van der Waals surface area contributed by atoms with E-state index < -0.39 is 29.5 Å². The highest BCUT2D eigenvalue weighted by Gasteiger charge is 2.28. The molecule has 2 heterocycles. The van der Waals surface area contributed by atoms with Crippen LogP contribution in [0.5, 0.6) is 11.5 Å². The smallest absolute Gasteiger partial charge is 0.330 e. The second-order valence-corrected chi connectivity index (χ2v) is 8.01. The van der Waals surface area contributed by atoms with E-state index in [9.17, 15) is 19.1 Å². The maximum Gasteiger partial charge on any atom is 0.330 e. The molecule has 1 aromatic carbocycles. The summed E-state index contributed by atoms with van der Waals surface area (Å²) in [5.41, 5.74) is -0.0331. The highest BCUT2D eigenvalue weighted by molar-refractivity contribution is 9.10. The molecule has 0 saturated carbocycles. The molecule has 2 atom stereocenters. The number of nitrogens with zero attached hydrogens (tertiary/aromatic N) is 2. The number of carbonyl (C=O) groups excluding carboxylic acids is 2. The van der Waals surface area contributed by atoms with E-state index in [1.807, 2.05) is 6.92 Å². The summed E-state index contributed by atoms with van der Waals surface area (Å²) in [6.07, 6.45) is 3.12. The number of rotatable bonds is 8. The molecule has 3 aromatic rings. The van der Waals surface area contributed by atoms with Gasteiger partial charge in [0, 0.05) is 28.3 Å². The normalized spacial score (nSPS) is 12.9. The van der Waals surface area contributed by atoms with Gasteiger partial charge in [0.05, 0.1) is 25.3 Å². The molecule has 2 N–H and O–H groups in total. The third-order valence-corrected chi connectivity index (χ3v) is 5.70. The molecular weight excluding hydrogens is 485 g/mol. The van der Waals surface area contributed by atoms with Gasteiger partial charge in [0.25, 0.3) is 5.91 Å². The number of aromatic hydroxyl groups is 1. The minimum atomic E-state index is -1.17. The van der Waals surface area contributed by atoms with Crippen molar-refractivity contribution in [2.24, 2.45) is 0 Å². The van der Waals surface area contributed by atoms with Crippen molar-refractivity contribution in [2.75, 3.05) is 7.11 Å². The first-order valence-corrected chi connectivity index (χ1v) is 10.7. The van der Waals surface area contributed by atoms with E-state index in [1.165, 1.54) is 30.0 Å². The minimum Gasteiger partial charge on any atom is -0.503 e. The maximum atomic E-state index is 14.5. The fourth-order valence-corrected chi connectivity index (χ4v) is 3.58. The number of pyridine rings is 1. The van der Waals surface area contributed by atoms with Crippen LogP contribution in [0, 0.1) is 5.82 Å². The molecule has 0 spiro atoms. The first-order valence-electron chi connectivity index (χ1n) is 9.92. The third kappa shape index (κ3) is 4.85. The number of methoxy groups -OCH3 is 1. The zero-order valence-corrected chi connectivity index (χ0v) is 19.3. The molecule has 0 fully saturated rings. The van der Waals surface area contributed by atoms with E-state index in [-0.39, 0.29) is 29.6 Å². The maximum absolute atomic E-state index is 14.5. The number of nitrogens with one attached hydrogen (secondary N) is 1. The van der Waals surface area contributed by atoms with Crippen molar-refractivity contribution in [3.05, 3.63) is 52.6 Å². The van der Waals surface area contributed by atoms with E-state index in [1.54, 1.807) is 25.3 Å². The fraction of sp³-hybridized carbons (Fsp3) is 0.318. The lowest BCUT2D eigenvalue weighted by Crippen LogP contribution is -2.45. The first-order chi connectivity index (χ1) is 15.3. The van der Waals surface area contributed by atoms with Crippen LogP contribution in [0.15, 0.2) is 41.1 Å². The molecule has 3 rings (SSSR count). The number of hydrogen-bond acceptors (Lipinski definition) is 6. The molecule has 0 aliphatic carbocycles. The molecule has 170 valence electrons. The van der Waals surface area contributed by atoms with Crippen molar-refractivity contribution in [1.29, 1.82) is 0 Å². The van der Waals surface area contributed by atoms with Gasteiger partial charge < -0.3 is 24.5 Å². The lowest BCUT2D eigenvalue weighted by Gasteiger charge is -2.21. The zero-order chi connectivity index (χ0) is 23.4. The van der Waals surface area contributed by atoms with E-state index >= 15 is 0 Å². The van der Waals surface area contributed by atoms with Crippen LogP contribution in [0.1, 0.15) is 30.8 Å². The first kappa shape index (κ1) is 23.5. The molecule has 1 unspecified atom stereocenters. The van der Waals surface area contributed by atoms with Gasteiger partial charge in [0.1, 0.15) is 11.9 Å². The molecule has 0 saturated heterocycles. The summed E-state index contributed by atoms with van der Waals surface area (Å²) >= 11 is 3.38. The monoisotopic (exact) mass is 507 g/mol. The SMILES string of the molecule is CCC(C)OC(=O)[C@H](Cn1ccc2c(Br)ccc(F)c21)NC(=O)c1nccc(OC)c1O. The number of esters is 1. The molecule has 0 aliphatic rings. The molecule has 0 aliphatic heterocycles. The Kier molecular flexibility index (Phi) is 7.34. The Hall–Kier alpha value is -3.14. The summed E-state index contributed by atoms with van der Waals surface area (Å²) in [5.74, 6) is -2.35. The second kappa shape index (κ2) is 9.99. The predicted octanol–water partition coefficient (Wildman–Crippen LogP) is 3.79. The summed E-state index contributed by atoms with van der Waals surface area (Å²) in [4.78, 5) is 29.6. The number of fused-ring (bicyclic) bond motifs is 1. The Balaban J connectivity index is 1.94. The quantitative estimate of drug-likeness (QED) is 0.449. The topological polar surface area (TPSA) is 103 Å². The van der Waals surface area contributed by atoms with Gasteiger partial charge in [-0.05, 0) is 31.5 Å². The van der Waals surface area contributed by atoms with Gasteiger partial charge in [-0.1, -0.05) is 22.9 Å². The lowest BCUT2D eigenvalue weighted by atomic mass is 10.2. The van der Waals surface area contributed by atoms with Crippen LogP contribution in [-0.4, -0.2) is 45.8 Å². The van der Waals surface area contributed by atoms with Gasteiger partial charge in [-0.3, -0.25) is 4.79 Å². The molecule has 0 radical (unpaired) electrons. The summed E-state index contributed by atoms with van der Waals surface area (Å²) in [6, 6.07) is 4.84. The van der Waals surface area contributed by atoms with Crippen LogP contribution in [0.2, 0.25) is 0 Å². The Bertz CT molecular complexity index is 1150. The van der Waals surface area contributed by atoms with Crippen LogP contribution in [-0.2, 0) is 16.1 Å². The van der Waals surface area contributed by atoms with E-state index in [2.05, 4.69) is 26.2 Å². The summed E-state index contributed by atoms with van der Waals surface area (Å²) in [5, 5.41) is 13.4. The van der Waals surface area contributed by atoms with Crippen molar-refractivity contribution in [3.63, 3.8) is 0 Å². The van der Waals surface area contributed by atoms with Crippen molar-refractivity contribution in [2.45, 2.75) is 39.0 Å². The molecule has 32 heavy (non-hydrogen) atoms. The lowest BCUT2D eigenvalue weighted by molar-refractivity contribution is -0.151. The van der Waals surface area contributed by atoms with Gasteiger partial charge in [0.2, 0.25) is 0 Å². The summed E-state index contributed by atoms with van der Waals surface area (Å²) in [7, 11) is 1.34. The number of halogens is 2. The van der Waals surface area contributed by atoms with Crippen LogP contribution in [0.4, 0.5) is 4.39 Å². The Morgan fingerprint density at radius 1 is 1.31 bits per heavy atom. The molecular formula is C22H23BrFN3O5. The van der Waals surface area contributed by atoms with Crippen molar-refractivity contribution < 1.29 is 28.6 Å². The van der Waals surface area contributed by atoms with Gasteiger partial charge in [-0.15, -0.1) is 0 Å². The highest BCUT2D eigenvalue weighted by atomic mass is 79.9. The number of amides is 1. The Morgan fingerprint density at radius 3 is 2.75 bits per heavy atom. The third-order valence-electron chi connectivity index (χ3n) is 5.01. The van der Waals surface area contributed by atoms with Crippen molar-refractivity contribution >= 4 is 38.7 Å². The molecule has 10 heteroatoms. The van der Waals surface area contributed by atoms with E-state index in [0.29, 0.717) is 16.3 Å². The molecule has 2 aromatic heterocycles. The second-order valence-electron chi connectivity index (χ2n) is 7.15.